The SMILES string of the molecule is Cc1nc(-c2nnn(C)c2C/C(N)=N/O)ccc1O[C@H]1CCC[C@H](C(=O)O)C1. The van der Waals surface area contributed by atoms with Gasteiger partial charge in [0.05, 0.1) is 35.5 Å². The monoisotopic (exact) mass is 388 g/mol. The largest absolute Gasteiger partial charge is 0.489 e. The van der Waals surface area contributed by atoms with Crippen molar-refractivity contribution in [2.75, 3.05) is 0 Å². The van der Waals surface area contributed by atoms with Crippen LogP contribution in [0.4, 0.5) is 0 Å². The summed E-state index contributed by atoms with van der Waals surface area (Å²) >= 11 is 0. The van der Waals surface area contributed by atoms with Gasteiger partial charge in [-0.1, -0.05) is 10.4 Å². The number of nitrogens with zero attached hydrogens (tertiary/aromatic N) is 5. The van der Waals surface area contributed by atoms with Gasteiger partial charge in [0, 0.05) is 7.05 Å². The molecule has 4 N–H and O–H groups in total. The van der Waals surface area contributed by atoms with Gasteiger partial charge in [-0.15, -0.1) is 5.10 Å². The van der Waals surface area contributed by atoms with Gasteiger partial charge in [0.25, 0.3) is 0 Å². The smallest absolute Gasteiger partial charge is 0.306 e. The highest BCUT2D eigenvalue weighted by Gasteiger charge is 2.28. The predicted octanol–water partition coefficient (Wildman–Crippen LogP) is 1.50. The summed E-state index contributed by atoms with van der Waals surface area (Å²) in [6, 6.07) is 3.59. The second kappa shape index (κ2) is 8.24. The zero-order valence-corrected chi connectivity index (χ0v) is 15.9. The Labute approximate surface area is 162 Å². The molecule has 0 spiro atoms. The summed E-state index contributed by atoms with van der Waals surface area (Å²) in [6.07, 6.45) is 2.93. The predicted molar refractivity (Wildman–Crippen MR) is 100 cm³/mol. The minimum absolute atomic E-state index is 0.0496. The number of aromatic nitrogens is 4. The number of carbonyl (C=O) groups is 1. The van der Waals surface area contributed by atoms with Crippen LogP contribution in [0.1, 0.15) is 37.1 Å². The maximum atomic E-state index is 11.2. The quantitative estimate of drug-likeness (QED) is 0.292. The molecule has 1 aliphatic rings. The van der Waals surface area contributed by atoms with Crippen LogP contribution in [0.5, 0.6) is 5.75 Å². The number of ether oxygens (including phenoxy) is 1. The number of aliphatic carboxylic acids is 1. The van der Waals surface area contributed by atoms with Crippen molar-refractivity contribution in [3.8, 4) is 17.1 Å². The minimum atomic E-state index is -0.764. The van der Waals surface area contributed by atoms with E-state index in [-0.39, 0.29) is 24.3 Å². The van der Waals surface area contributed by atoms with Gasteiger partial charge in [-0.05, 0) is 44.7 Å². The molecule has 0 saturated heterocycles. The van der Waals surface area contributed by atoms with E-state index in [1.54, 1.807) is 17.8 Å². The normalized spacial score (nSPS) is 20.1. The molecule has 0 bridgehead atoms. The highest BCUT2D eigenvalue weighted by molar-refractivity contribution is 5.83. The molecule has 2 aromatic heterocycles. The molecular formula is C18H24N6O4. The Morgan fingerprint density at radius 3 is 2.89 bits per heavy atom. The van der Waals surface area contributed by atoms with Gasteiger partial charge < -0.3 is 20.8 Å². The van der Waals surface area contributed by atoms with Crippen molar-refractivity contribution in [3.63, 3.8) is 0 Å². The molecule has 1 aliphatic carbocycles. The standard InChI is InChI=1S/C18H24N6O4/c1-10-15(28-12-5-3-4-11(8-12)18(25)26)7-6-13(20-10)17-14(9-16(19)22-27)24(2)23-21-17/h6-7,11-12,27H,3-5,8-9H2,1-2H3,(H2,19,22)(H,25,26)/t11-,12-/m0/s1. The molecule has 0 aromatic carbocycles. The average Bonchev–Trinajstić information content (AvgIpc) is 3.04. The van der Waals surface area contributed by atoms with E-state index in [0.29, 0.717) is 41.4 Å². The molecule has 0 radical (unpaired) electrons. The van der Waals surface area contributed by atoms with E-state index in [2.05, 4.69) is 20.5 Å². The summed E-state index contributed by atoms with van der Waals surface area (Å²) in [6.45, 7) is 1.83. The van der Waals surface area contributed by atoms with Gasteiger partial charge in [0.1, 0.15) is 17.3 Å². The number of carboxylic acids is 1. The summed E-state index contributed by atoms with van der Waals surface area (Å²) in [5.41, 5.74) is 8.12. The van der Waals surface area contributed by atoms with E-state index < -0.39 is 5.97 Å². The molecule has 1 saturated carbocycles. The molecule has 3 rings (SSSR count). The Morgan fingerprint density at radius 1 is 1.43 bits per heavy atom. The lowest BCUT2D eigenvalue weighted by atomic mass is 9.87. The highest BCUT2D eigenvalue weighted by Crippen LogP contribution is 2.30. The average molecular weight is 388 g/mol. The topological polar surface area (TPSA) is 149 Å². The summed E-state index contributed by atoms with van der Waals surface area (Å²) in [4.78, 5) is 15.8. The fourth-order valence-corrected chi connectivity index (χ4v) is 3.44. The number of hydrogen-bond donors (Lipinski definition) is 3. The first kappa shape index (κ1) is 19.6. The van der Waals surface area contributed by atoms with Crippen LogP contribution in [0, 0.1) is 12.8 Å². The van der Waals surface area contributed by atoms with E-state index in [4.69, 9.17) is 15.7 Å². The van der Waals surface area contributed by atoms with Gasteiger partial charge in [-0.25, -0.2) is 4.98 Å². The number of nitrogens with two attached hydrogens (primary N) is 1. The number of hydrogen-bond acceptors (Lipinski definition) is 7. The minimum Gasteiger partial charge on any atom is -0.489 e. The first-order chi connectivity index (χ1) is 13.4. The second-order valence-corrected chi connectivity index (χ2v) is 7.00. The Balaban J connectivity index is 1.79. The summed E-state index contributed by atoms with van der Waals surface area (Å²) in [5, 5.41) is 29.2. The molecule has 2 atom stereocenters. The molecule has 0 aliphatic heterocycles. The zero-order valence-electron chi connectivity index (χ0n) is 15.9. The van der Waals surface area contributed by atoms with E-state index >= 15 is 0 Å². The molecule has 10 heteroatoms. The Kier molecular flexibility index (Phi) is 5.76. The van der Waals surface area contributed by atoms with Crippen LogP contribution in [0.2, 0.25) is 0 Å². The molecule has 10 nitrogen and oxygen atoms in total. The lowest BCUT2D eigenvalue weighted by Gasteiger charge is -2.27. The number of aryl methyl sites for hydroxylation is 2. The van der Waals surface area contributed by atoms with E-state index in [9.17, 15) is 9.90 Å². The van der Waals surface area contributed by atoms with Gasteiger partial charge in [-0.3, -0.25) is 9.48 Å². The van der Waals surface area contributed by atoms with Crippen molar-refractivity contribution in [1.29, 1.82) is 0 Å². The van der Waals surface area contributed by atoms with Gasteiger partial charge in [-0.2, -0.15) is 0 Å². The van der Waals surface area contributed by atoms with Crippen LogP contribution in [0.25, 0.3) is 11.4 Å². The number of rotatable bonds is 6. The maximum absolute atomic E-state index is 11.2. The second-order valence-electron chi connectivity index (χ2n) is 7.00. The number of pyridine rings is 1. The van der Waals surface area contributed by atoms with Crippen molar-refractivity contribution in [1.82, 2.24) is 20.0 Å². The summed E-state index contributed by atoms with van der Waals surface area (Å²) < 4.78 is 7.59. The van der Waals surface area contributed by atoms with E-state index in [1.165, 1.54) is 0 Å². The Hall–Kier alpha value is -3.17. The van der Waals surface area contributed by atoms with Crippen LogP contribution in [-0.2, 0) is 18.3 Å². The van der Waals surface area contributed by atoms with Gasteiger partial charge in [0.2, 0.25) is 0 Å². The first-order valence-electron chi connectivity index (χ1n) is 9.11. The van der Waals surface area contributed by atoms with Crippen LogP contribution in [0.3, 0.4) is 0 Å². The van der Waals surface area contributed by atoms with Crippen molar-refractivity contribution in [2.45, 2.75) is 45.1 Å². The summed E-state index contributed by atoms with van der Waals surface area (Å²) in [5.74, 6) is -0.443. The van der Waals surface area contributed by atoms with Crippen molar-refractivity contribution in [3.05, 3.63) is 23.5 Å². The molecule has 28 heavy (non-hydrogen) atoms. The lowest BCUT2D eigenvalue weighted by Crippen LogP contribution is -2.29. The molecular weight excluding hydrogens is 364 g/mol. The number of oxime groups is 1. The first-order valence-corrected chi connectivity index (χ1v) is 9.11. The third-order valence-electron chi connectivity index (χ3n) is 4.97. The van der Waals surface area contributed by atoms with Crippen LogP contribution < -0.4 is 10.5 Å². The molecule has 0 unspecified atom stereocenters. The zero-order chi connectivity index (χ0) is 20.3. The maximum Gasteiger partial charge on any atom is 0.306 e. The van der Waals surface area contributed by atoms with Crippen LogP contribution in [0.15, 0.2) is 17.3 Å². The Bertz CT molecular complexity index is 894. The van der Waals surface area contributed by atoms with Crippen molar-refractivity contribution in [2.24, 2.45) is 23.9 Å². The van der Waals surface area contributed by atoms with Crippen molar-refractivity contribution < 1.29 is 19.8 Å². The fraction of sp³-hybridized carbons (Fsp3) is 0.500. The Morgan fingerprint density at radius 2 is 2.21 bits per heavy atom. The molecule has 150 valence electrons. The molecule has 2 aromatic rings. The van der Waals surface area contributed by atoms with Gasteiger partial charge in [0.15, 0.2) is 0 Å². The molecule has 1 fully saturated rings. The van der Waals surface area contributed by atoms with Gasteiger partial charge >= 0.3 is 5.97 Å². The molecule has 0 amide bonds. The van der Waals surface area contributed by atoms with Crippen LogP contribution in [-0.4, -0.2) is 48.2 Å². The third kappa shape index (κ3) is 4.21. The number of amidine groups is 1. The lowest BCUT2D eigenvalue weighted by molar-refractivity contribution is -0.143. The number of carboxylic acid groups (broad SMARTS) is 1. The fourth-order valence-electron chi connectivity index (χ4n) is 3.44. The van der Waals surface area contributed by atoms with E-state index in [1.807, 2.05) is 13.0 Å². The van der Waals surface area contributed by atoms with Crippen molar-refractivity contribution >= 4 is 11.8 Å². The summed E-state index contributed by atoms with van der Waals surface area (Å²) in [7, 11) is 1.72. The van der Waals surface area contributed by atoms with E-state index in [0.717, 1.165) is 12.8 Å². The van der Waals surface area contributed by atoms with Crippen LogP contribution >= 0.6 is 0 Å². The molecule has 2 heterocycles. The highest BCUT2D eigenvalue weighted by atomic mass is 16.5. The third-order valence-corrected chi connectivity index (χ3v) is 4.97.